The zero-order chi connectivity index (χ0) is 20.1. The smallest absolute Gasteiger partial charge is 0.224 e. The predicted molar refractivity (Wildman–Crippen MR) is 106 cm³/mol. The average Bonchev–Trinajstić information content (AvgIpc) is 2.74. The summed E-state index contributed by atoms with van der Waals surface area (Å²) >= 11 is 0. The number of ether oxygens (including phenoxy) is 2. The highest BCUT2D eigenvalue weighted by Crippen LogP contribution is 2.32. The highest BCUT2D eigenvalue weighted by atomic mass is 19.1. The molecule has 0 saturated carbocycles. The number of pyridine rings is 1. The number of piperidine rings is 1. The molecular weight excluding hydrogens is 373 g/mol. The molecule has 29 heavy (non-hydrogen) atoms. The van der Waals surface area contributed by atoms with Crippen molar-refractivity contribution in [1.82, 2.24) is 15.2 Å². The molecule has 1 fully saturated rings. The van der Waals surface area contributed by atoms with Crippen molar-refractivity contribution < 1.29 is 18.7 Å². The van der Waals surface area contributed by atoms with Crippen molar-refractivity contribution in [2.45, 2.75) is 25.4 Å². The van der Waals surface area contributed by atoms with E-state index in [0.717, 1.165) is 38.0 Å². The van der Waals surface area contributed by atoms with E-state index in [4.69, 9.17) is 9.47 Å². The second-order valence-electron chi connectivity index (χ2n) is 7.73. The third-order valence-electron chi connectivity index (χ3n) is 5.47. The van der Waals surface area contributed by atoms with Gasteiger partial charge in [-0.3, -0.25) is 14.7 Å². The summed E-state index contributed by atoms with van der Waals surface area (Å²) in [6.07, 6.45) is 5.77. The SMILES string of the molecule is O=C(Cc1cccnc1)NCC1CCN(CC2COc3ccc(F)cc3O2)CC1. The van der Waals surface area contributed by atoms with Gasteiger partial charge in [0.2, 0.25) is 5.91 Å². The Labute approximate surface area is 170 Å². The third kappa shape index (κ3) is 5.44. The fourth-order valence-electron chi connectivity index (χ4n) is 3.85. The number of nitrogens with one attached hydrogen (secondary N) is 1. The first-order valence-corrected chi connectivity index (χ1v) is 10.1. The summed E-state index contributed by atoms with van der Waals surface area (Å²) in [4.78, 5) is 18.5. The molecule has 6 nitrogen and oxygen atoms in total. The molecule has 3 heterocycles. The molecule has 154 valence electrons. The molecule has 2 aromatic rings. The zero-order valence-corrected chi connectivity index (χ0v) is 16.4. The van der Waals surface area contributed by atoms with E-state index in [1.165, 1.54) is 12.1 Å². The number of nitrogens with zero attached hydrogens (tertiary/aromatic N) is 2. The van der Waals surface area contributed by atoms with Crippen LogP contribution in [0.2, 0.25) is 0 Å². The molecule has 1 saturated heterocycles. The van der Waals surface area contributed by atoms with Crippen molar-refractivity contribution in [1.29, 1.82) is 0 Å². The first-order valence-electron chi connectivity index (χ1n) is 10.1. The number of likely N-dealkylation sites (tertiary alicyclic amines) is 1. The first kappa shape index (κ1) is 19.6. The Morgan fingerprint density at radius 2 is 2.10 bits per heavy atom. The quantitative estimate of drug-likeness (QED) is 0.808. The molecule has 7 heteroatoms. The highest BCUT2D eigenvalue weighted by molar-refractivity contribution is 5.78. The molecule has 2 aliphatic heterocycles. The number of fused-ring (bicyclic) bond motifs is 1. The minimum absolute atomic E-state index is 0.0408. The van der Waals surface area contributed by atoms with E-state index in [1.807, 2.05) is 12.1 Å². The molecule has 0 radical (unpaired) electrons. The van der Waals surface area contributed by atoms with Crippen LogP contribution in [0.15, 0.2) is 42.7 Å². The topological polar surface area (TPSA) is 63.7 Å². The van der Waals surface area contributed by atoms with Crippen LogP contribution in [0, 0.1) is 11.7 Å². The van der Waals surface area contributed by atoms with E-state index in [2.05, 4.69) is 15.2 Å². The molecule has 1 amide bonds. The fourth-order valence-corrected chi connectivity index (χ4v) is 3.85. The van der Waals surface area contributed by atoms with Gasteiger partial charge in [0.25, 0.3) is 0 Å². The van der Waals surface area contributed by atoms with Crippen LogP contribution in [0.1, 0.15) is 18.4 Å². The van der Waals surface area contributed by atoms with Crippen LogP contribution in [0.3, 0.4) is 0 Å². The van der Waals surface area contributed by atoms with Crippen molar-refractivity contribution in [3.63, 3.8) is 0 Å². The first-order chi connectivity index (χ1) is 14.2. The van der Waals surface area contributed by atoms with Crippen LogP contribution in [0.25, 0.3) is 0 Å². The molecule has 4 rings (SSSR count). The number of benzene rings is 1. The summed E-state index contributed by atoms with van der Waals surface area (Å²) in [5.41, 5.74) is 0.927. The van der Waals surface area contributed by atoms with Gasteiger partial charge in [0.1, 0.15) is 18.5 Å². The van der Waals surface area contributed by atoms with Gasteiger partial charge >= 0.3 is 0 Å². The van der Waals surface area contributed by atoms with Gasteiger partial charge in [-0.25, -0.2) is 4.39 Å². The summed E-state index contributed by atoms with van der Waals surface area (Å²) < 4.78 is 25.0. The average molecular weight is 399 g/mol. The molecule has 1 unspecified atom stereocenters. The Kier molecular flexibility index (Phi) is 6.24. The van der Waals surface area contributed by atoms with E-state index in [0.29, 0.717) is 37.0 Å². The van der Waals surface area contributed by atoms with Gasteiger partial charge in [-0.15, -0.1) is 0 Å². The largest absolute Gasteiger partial charge is 0.486 e. The maximum absolute atomic E-state index is 13.4. The van der Waals surface area contributed by atoms with E-state index in [-0.39, 0.29) is 17.8 Å². The van der Waals surface area contributed by atoms with E-state index in [1.54, 1.807) is 18.5 Å². The molecule has 1 atom stereocenters. The Bertz CT molecular complexity index is 825. The van der Waals surface area contributed by atoms with Gasteiger partial charge in [0.05, 0.1) is 6.42 Å². The Morgan fingerprint density at radius 3 is 2.90 bits per heavy atom. The molecular formula is C22H26FN3O3. The number of hydrogen-bond donors (Lipinski definition) is 1. The molecule has 1 N–H and O–H groups in total. The lowest BCUT2D eigenvalue weighted by Gasteiger charge is -2.35. The van der Waals surface area contributed by atoms with Gasteiger partial charge in [0.15, 0.2) is 11.5 Å². The monoisotopic (exact) mass is 399 g/mol. The number of halogens is 1. The maximum Gasteiger partial charge on any atom is 0.224 e. The molecule has 1 aromatic heterocycles. The fraction of sp³-hybridized carbons (Fsp3) is 0.455. The standard InChI is InChI=1S/C22H26FN3O3/c23-18-3-4-20-21(11-18)29-19(15-28-20)14-26-8-5-16(6-9-26)13-25-22(27)10-17-2-1-7-24-12-17/h1-4,7,11-12,16,19H,5-6,8-10,13-15H2,(H,25,27). The van der Waals surface area contributed by atoms with Crippen LogP contribution >= 0.6 is 0 Å². The lowest BCUT2D eigenvalue weighted by molar-refractivity contribution is -0.120. The number of amides is 1. The number of carbonyl (C=O) groups is 1. The van der Waals surface area contributed by atoms with Crippen molar-refractivity contribution in [2.75, 3.05) is 32.8 Å². The van der Waals surface area contributed by atoms with E-state index >= 15 is 0 Å². The van der Waals surface area contributed by atoms with Crippen molar-refractivity contribution in [3.8, 4) is 11.5 Å². The number of rotatable bonds is 6. The molecule has 2 aliphatic rings. The lowest BCUT2D eigenvalue weighted by Crippen LogP contribution is -2.45. The second kappa shape index (κ2) is 9.22. The Morgan fingerprint density at radius 1 is 1.24 bits per heavy atom. The van der Waals surface area contributed by atoms with Crippen molar-refractivity contribution >= 4 is 5.91 Å². The van der Waals surface area contributed by atoms with Crippen molar-refractivity contribution in [2.24, 2.45) is 5.92 Å². The van der Waals surface area contributed by atoms with Crippen LogP contribution in [-0.4, -0.2) is 54.7 Å². The summed E-state index contributed by atoms with van der Waals surface area (Å²) in [6.45, 7) is 3.86. The minimum Gasteiger partial charge on any atom is -0.486 e. The number of aromatic nitrogens is 1. The van der Waals surface area contributed by atoms with Gasteiger partial charge in [-0.05, 0) is 55.6 Å². The van der Waals surface area contributed by atoms with Gasteiger partial charge in [0, 0.05) is 31.5 Å². The van der Waals surface area contributed by atoms with Crippen LogP contribution in [0.5, 0.6) is 11.5 Å². The maximum atomic E-state index is 13.4. The lowest BCUT2D eigenvalue weighted by atomic mass is 9.96. The van der Waals surface area contributed by atoms with E-state index in [9.17, 15) is 9.18 Å². The molecule has 0 bridgehead atoms. The van der Waals surface area contributed by atoms with E-state index < -0.39 is 0 Å². The molecule has 0 spiro atoms. The van der Waals surface area contributed by atoms with Crippen LogP contribution < -0.4 is 14.8 Å². The summed E-state index contributed by atoms with van der Waals surface area (Å²) in [6, 6.07) is 8.11. The van der Waals surface area contributed by atoms with Crippen LogP contribution in [-0.2, 0) is 11.2 Å². The Hall–Kier alpha value is -2.67. The number of hydrogen-bond acceptors (Lipinski definition) is 5. The predicted octanol–water partition coefficient (Wildman–Crippen LogP) is 2.43. The summed E-state index contributed by atoms with van der Waals surface area (Å²) in [7, 11) is 0. The van der Waals surface area contributed by atoms with Gasteiger partial charge in [-0.1, -0.05) is 6.07 Å². The van der Waals surface area contributed by atoms with Gasteiger partial charge in [-0.2, -0.15) is 0 Å². The minimum atomic E-state index is -0.320. The number of carbonyl (C=O) groups excluding carboxylic acids is 1. The van der Waals surface area contributed by atoms with Crippen molar-refractivity contribution in [3.05, 3.63) is 54.1 Å². The van der Waals surface area contributed by atoms with Gasteiger partial charge < -0.3 is 14.8 Å². The highest BCUT2D eigenvalue weighted by Gasteiger charge is 2.26. The summed E-state index contributed by atoms with van der Waals surface area (Å²) in [5, 5.41) is 3.05. The second-order valence-corrected chi connectivity index (χ2v) is 7.73. The normalized spacial score (nSPS) is 19.7. The summed E-state index contributed by atoms with van der Waals surface area (Å²) in [5.74, 6) is 1.29. The molecule has 1 aromatic carbocycles. The Balaban J connectivity index is 1.17. The third-order valence-corrected chi connectivity index (χ3v) is 5.47. The zero-order valence-electron chi connectivity index (χ0n) is 16.4. The molecule has 0 aliphatic carbocycles. The van der Waals surface area contributed by atoms with Crippen LogP contribution in [0.4, 0.5) is 4.39 Å².